The van der Waals surface area contributed by atoms with E-state index >= 15 is 0 Å². The topological polar surface area (TPSA) is 64.2 Å². The Bertz CT molecular complexity index is 508. The third kappa shape index (κ3) is 3.10. The van der Waals surface area contributed by atoms with Crippen LogP contribution in [0.1, 0.15) is 23.0 Å². The minimum atomic E-state index is -0.431. The molecule has 94 valence electrons. The average molecular weight is 246 g/mol. The van der Waals surface area contributed by atoms with Crippen LogP contribution in [0.4, 0.5) is 0 Å². The minimum Gasteiger partial charge on any atom is -0.472 e. The summed E-state index contributed by atoms with van der Waals surface area (Å²) in [4.78, 5) is 11.4. The van der Waals surface area contributed by atoms with E-state index in [2.05, 4.69) is 10.2 Å². The lowest BCUT2D eigenvalue weighted by Crippen LogP contribution is -2.04. The molecule has 1 heterocycles. The maximum Gasteiger partial charge on any atom is 0.356 e. The molecule has 18 heavy (non-hydrogen) atoms. The summed E-state index contributed by atoms with van der Waals surface area (Å²) in [5.74, 6) is -0.0542. The van der Waals surface area contributed by atoms with Gasteiger partial charge in [-0.2, -0.15) is 0 Å². The van der Waals surface area contributed by atoms with Crippen LogP contribution in [-0.4, -0.2) is 22.8 Å². The van der Waals surface area contributed by atoms with Crippen molar-refractivity contribution in [3.05, 3.63) is 47.7 Å². The Balaban J connectivity index is 1.93. The largest absolute Gasteiger partial charge is 0.472 e. The molecule has 0 unspecified atom stereocenters. The van der Waals surface area contributed by atoms with Crippen molar-refractivity contribution in [2.24, 2.45) is 0 Å². The normalized spacial score (nSPS) is 10.1. The van der Waals surface area contributed by atoms with Crippen LogP contribution in [0.5, 0.6) is 5.88 Å². The molecule has 0 aliphatic carbocycles. The molecule has 0 amide bonds. The monoisotopic (exact) mass is 246 g/mol. The molecule has 0 spiro atoms. The third-order valence-electron chi connectivity index (χ3n) is 2.28. The van der Waals surface area contributed by atoms with E-state index in [0.717, 1.165) is 5.56 Å². The maximum absolute atomic E-state index is 11.4. The molecule has 1 N–H and O–H groups in total. The van der Waals surface area contributed by atoms with Crippen LogP contribution in [0.2, 0.25) is 0 Å². The Kier molecular flexibility index (Phi) is 3.96. The number of benzene rings is 1. The van der Waals surface area contributed by atoms with Crippen molar-refractivity contribution in [2.45, 2.75) is 13.5 Å². The van der Waals surface area contributed by atoms with Crippen LogP contribution in [-0.2, 0) is 11.3 Å². The fourth-order valence-electron chi connectivity index (χ4n) is 1.42. The van der Waals surface area contributed by atoms with Crippen molar-refractivity contribution < 1.29 is 14.3 Å². The first-order valence-corrected chi connectivity index (χ1v) is 5.69. The third-order valence-corrected chi connectivity index (χ3v) is 2.28. The Labute approximate surface area is 105 Å². The SMILES string of the molecule is CCOC(=O)c1cc(OCc2ccccc2)n[nH]1. The van der Waals surface area contributed by atoms with Gasteiger partial charge in [-0.1, -0.05) is 30.3 Å². The number of esters is 1. The Morgan fingerprint density at radius 3 is 2.83 bits per heavy atom. The van der Waals surface area contributed by atoms with Gasteiger partial charge in [0, 0.05) is 6.07 Å². The van der Waals surface area contributed by atoms with Crippen molar-refractivity contribution in [3.8, 4) is 5.88 Å². The molecule has 2 rings (SSSR count). The molecule has 0 fully saturated rings. The van der Waals surface area contributed by atoms with Crippen molar-refractivity contribution >= 4 is 5.97 Å². The van der Waals surface area contributed by atoms with Crippen LogP contribution in [0, 0.1) is 0 Å². The molecule has 0 radical (unpaired) electrons. The van der Waals surface area contributed by atoms with E-state index in [1.54, 1.807) is 6.92 Å². The van der Waals surface area contributed by atoms with Gasteiger partial charge in [0.2, 0.25) is 5.88 Å². The molecule has 5 heteroatoms. The standard InChI is InChI=1S/C13H14N2O3/c1-2-17-13(16)11-8-12(15-14-11)18-9-10-6-4-3-5-7-10/h3-8H,2,9H2,1H3,(H,14,15). The molecule has 2 aromatic rings. The van der Waals surface area contributed by atoms with Gasteiger partial charge in [0.1, 0.15) is 12.3 Å². The number of hydrogen-bond donors (Lipinski definition) is 1. The molecule has 1 aromatic carbocycles. The van der Waals surface area contributed by atoms with Gasteiger partial charge < -0.3 is 9.47 Å². The molecule has 0 aliphatic heterocycles. The highest BCUT2D eigenvalue weighted by Crippen LogP contribution is 2.11. The highest BCUT2D eigenvalue weighted by Gasteiger charge is 2.11. The first kappa shape index (κ1) is 12.2. The number of aromatic amines is 1. The Morgan fingerprint density at radius 1 is 1.33 bits per heavy atom. The van der Waals surface area contributed by atoms with Gasteiger partial charge in [-0.05, 0) is 12.5 Å². The van der Waals surface area contributed by atoms with Crippen molar-refractivity contribution in [2.75, 3.05) is 6.61 Å². The quantitative estimate of drug-likeness (QED) is 0.821. The predicted octanol–water partition coefficient (Wildman–Crippen LogP) is 2.17. The van der Waals surface area contributed by atoms with Crippen LogP contribution in [0.15, 0.2) is 36.4 Å². The lowest BCUT2D eigenvalue weighted by molar-refractivity contribution is 0.0519. The van der Waals surface area contributed by atoms with E-state index in [4.69, 9.17) is 9.47 Å². The van der Waals surface area contributed by atoms with Crippen LogP contribution >= 0.6 is 0 Å². The number of carbonyl (C=O) groups is 1. The summed E-state index contributed by atoms with van der Waals surface area (Å²) in [5, 5.41) is 6.46. The summed E-state index contributed by atoms with van der Waals surface area (Å²) in [6.45, 7) is 2.49. The fraction of sp³-hybridized carbons (Fsp3) is 0.231. The number of nitrogens with one attached hydrogen (secondary N) is 1. The summed E-state index contributed by atoms with van der Waals surface area (Å²) < 4.78 is 10.3. The lowest BCUT2D eigenvalue weighted by Gasteiger charge is -2.01. The van der Waals surface area contributed by atoms with Gasteiger partial charge in [-0.3, -0.25) is 5.10 Å². The molecular weight excluding hydrogens is 232 g/mol. The summed E-state index contributed by atoms with van der Waals surface area (Å²) in [6, 6.07) is 11.3. The first-order chi connectivity index (χ1) is 8.79. The van der Waals surface area contributed by atoms with Gasteiger partial charge >= 0.3 is 5.97 Å². The predicted molar refractivity (Wildman–Crippen MR) is 65.3 cm³/mol. The number of H-pyrrole nitrogens is 1. The molecular formula is C13H14N2O3. The van der Waals surface area contributed by atoms with Crippen LogP contribution in [0.3, 0.4) is 0 Å². The molecule has 0 saturated carbocycles. The van der Waals surface area contributed by atoms with E-state index in [1.165, 1.54) is 6.07 Å². The van der Waals surface area contributed by atoms with Gasteiger partial charge in [0.25, 0.3) is 0 Å². The minimum absolute atomic E-state index is 0.292. The second-order valence-electron chi connectivity index (χ2n) is 3.61. The molecule has 0 atom stereocenters. The van der Waals surface area contributed by atoms with Gasteiger partial charge in [-0.15, -0.1) is 5.10 Å². The van der Waals surface area contributed by atoms with E-state index in [1.807, 2.05) is 30.3 Å². The highest BCUT2D eigenvalue weighted by molar-refractivity contribution is 5.87. The number of rotatable bonds is 5. The van der Waals surface area contributed by atoms with Crippen LogP contribution in [0.25, 0.3) is 0 Å². The summed E-state index contributed by atoms with van der Waals surface area (Å²) in [6.07, 6.45) is 0. The number of ether oxygens (including phenoxy) is 2. The maximum atomic E-state index is 11.4. The van der Waals surface area contributed by atoms with E-state index in [-0.39, 0.29) is 0 Å². The zero-order chi connectivity index (χ0) is 12.8. The lowest BCUT2D eigenvalue weighted by atomic mass is 10.2. The number of aromatic nitrogens is 2. The molecule has 5 nitrogen and oxygen atoms in total. The van der Waals surface area contributed by atoms with Gasteiger partial charge in [0.15, 0.2) is 0 Å². The van der Waals surface area contributed by atoms with Crippen molar-refractivity contribution in [1.29, 1.82) is 0 Å². The molecule has 0 saturated heterocycles. The van der Waals surface area contributed by atoms with E-state index < -0.39 is 5.97 Å². The summed E-state index contributed by atoms with van der Waals surface area (Å²) in [5.41, 5.74) is 1.33. The van der Waals surface area contributed by atoms with Crippen molar-refractivity contribution in [1.82, 2.24) is 10.2 Å². The smallest absolute Gasteiger partial charge is 0.356 e. The highest BCUT2D eigenvalue weighted by atomic mass is 16.5. The van der Waals surface area contributed by atoms with Crippen molar-refractivity contribution in [3.63, 3.8) is 0 Å². The fourth-order valence-corrected chi connectivity index (χ4v) is 1.42. The number of carbonyl (C=O) groups excluding carboxylic acids is 1. The number of nitrogens with zero attached hydrogens (tertiary/aromatic N) is 1. The second kappa shape index (κ2) is 5.86. The second-order valence-corrected chi connectivity index (χ2v) is 3.61. The average Bonchev–Trinajstić information content (AvgIpc) is 2.87. The number of hydrogen-bond acceptors (Lipinski definition) is 4. The van der Waals surface area contributed by atoms with E-state index in [0.29, 0.717) is 24.8 Å². The summed E-state index contributed by atoms with van der Waals surface area (Å²) in [7, 11) is 0. The molecule has 0 bridgehead atoms. The van der Waals surface area contributed by atoms with E-state index in [9.17, 15) is 4.79 Å². The zero-order valence-electron chi connectivity index (χ0n) is 10.1. The Morgan fingerprint density at radius 2 is 2.11 bits per heavy atom. The van der Waals surface area contributed by atoms with Gasteiger partial charge in [-0.25, -0.2) is 4.79 Å². The Hall–Kier alpha value is -2.30. The first-order valence-electron chi connectivity index (χ1n) is 5.69. The van der Waals surface area contributed by atoms with Gasteiger partial charge in [0.05, 0.1) is 6.61 Å². The summed E-state index contributed by atoms with van der Waals surface area (Å²) >= 11 is 0. The molecule has 1 aromatic heterocycles. The molecule has 0 aliphatic rings. The van der Waals surface area contributed by atoms with Crippen LogP contribution < -0.4 is 4.74 Å². The zero-order valence-corrected chi connectivity index (χ0v) is 10.1.